The van der Waals surface area contributed by atoms with Crippen molar-refractivity contribution in [2.45, 2.75) is 6.54 Å². The Hall–Kier alpha value is -2.95. The quantitative estimate of drug-likeness (QED) is 0.310. The number of anilines is 1. The molecule has 0 aliphatic carbocycles. The van der Waals surface area contributed by atoms with Gasteiger partial charge in [-0.3, -0.25) is 9.11 Å². The maximum absolute atomic E-state index is 8.74. The first kappa shape index (κ1) is 20.1. The maximum atomic E-state index is 8.74. The minimum absolute atomic E-state index is 0.148. The molecule has 2 rings (SSSR count). The zero-order chi connectivity index (χ0) is 18.7. The van der Waals surface area contributed by atoms with Crippen molar-refractivity contribution < 1.29 is 17.5 Å². The van der Waals surface area contributed by atoms with Gasteiger partial charge in [-0.2, -0.15) is 13.4 Å². The molecule has 9 nitrogen and oxygen atoms in total. The number of hydrogen-bond acceptors (Lipinski definition) is 3. The van der Waals surface area contributed by atoms with E-state index in [1.807, 2.05) is 60.7 Å². The van der Waals surface area contributed by atoms with Crippen LogP contribution < -0.4 is 16.8 Å². The van der Waals surface area contributed by atoms with Gasteiger partial charge in [0.05, 0.1) is 6.54 Å². The van der Waals surface area contributed by atoms with Crippen LogP contribution in [-0.2, 0) is 16.9 Å². The maximum Gasteiger partial charge on any atom is 0.394 e. The van der Waals surface area contributed by atoms with E-state index in [0.717, 1.165) is 11.3 Å². The number of benzene rings is 2. The van der Waals surface area contributed by atoms with Gasteiger partial charge in [0.2, 0.25) is 11.9 Å². The van der Waals surface area contributed by atoms with E-state index < -0.39 is 10.4 Å². The molecule has 0 amide bonds. The van der Waals surface area contributed by atoms with Gasteiger partial charge in [-0.15, -0.1) is 0 Å². The summed E-state index contributed by atoms with van der Waals surface area (Å²) in [5.41, 5.74) is 13.4. The van der Waals surface area contributed by atoms with Crippen LogP contribution in [0.5, 0.6) is 0 Å². The Labute approximate surface area is 145 Å². The van der Waals surface area contributed by atoms with Gasteiger partial charge in [-0.25, -0.2) is 4.99 Å². The molecule has 0 aliphatic heterocycles. The summed E-state index contributed by atoms with van der Waals surface area (Å²) in [4.78, 5) is 8.16. The van der Waals surface area contributed by atoms with Crippen LogP contribution in [0.25, 0.3) is 0 Å². The summed E-state index contributed by atoms with van der Waals surface area (Å²) in [6.45, 7) is 0.481. The highest BCUT2D eigenvalue weighted by atomic mass is 32.3. The van der Waals surface area contributed by atoms with Crippen molar-refractivity contribution in [1.82, 2.24) is 0 Å². The third-order valence-electron chi connectivity index (χ3n) is 2.55. The fourth-order valence-corrected chi connectivity index (χ4v) is 1.61. The van der Waals surface area contributed by atoms with Crippen molar-refractivity contribution in [1.29, 1.82) is 0 Å². The second kappa shape index (κ2) is 10.0. The molecule has 0 bridgehead atoms. The molecule has 0 atom stereocenters. The lowest BCUT2D eigenvalue weighted by Crippen LogP contribution is -2.26. The minimum Gasteiger partial charge on any atom is -0.369 e. The van der Waals surface area contributed by atoms with Crippen LogP contribution in [0.3, 0.4) is 0 Å². The molecule has 0 radical (unpaired) electrons. The van der Waals surface area contributed by atoms with Crippen LogP contribution in [-0.4, -0.2) is 29.4 Å². The lowest BCUT2D eigenvalue weighted by atomic mass is 10.2. The van der Waals surface area contributed by atoms with Crippen molar-refractivity contribution in [3.05, 3.63) is 66.2 Å². The van der Waals surface area contributed by atoms with E-state index in [9.17, 15) is 0 Å². The Bertz CT molecular complexity index is 800. The molecule has 2 aromatic rings. The second-order valence-electron chi connectivity index (χ2n) is 4.60. The Morgan fingerprint density at radius 1 is 0.960 bits per heavy atom. The average molecular weight is 365 g/mol. The lowest BCUT2D eigenvalue weighted by molar-refractivity contribution is 0.381. The molecule has 0 saturated carbocycles. The van der Waals surface area contributed by atoms with E-state index in [-0.39, 0.29) is 11.9 Å². The van der Waals surface area contributed by atoms with Gasteiger partial charge in [-0.1, -0.05) is 48.5 Å². The van der Waals surface area contributed by atoms with Gasteiger partial charge in [0.15, 0.2) is 0 Å². The van der Waals surface area contributed by atoms with Crippen LogP contribution in [0.1, 0.15) is 5.56 Å². The zero-order valence-electron chi connectivity index (χ0n) is 13.1. The molecule has 0 heterocycles. The van der Waals surface area contributed by atoms with Crippen molar-refractivity contribution in [2.24, 2.45) is 21.5 Å². The fourth-order valence-electron chi connectivity index (χ4n) is 1.61. The van der Waals surface area contributed by atoms with Crippen LogP contribution in [0.15, 0.2) is 70.6 Å². The number of hydrogen-bond donors (Lipinski definition) is 5. The molecular weight excluding hydrogens is 346 g/mol. The van der Waals surface area contributed by atoms with Gasteiger partial charge in [0.25, 0.3) is 0 Å². The van der Waals surface area contributed by atoms with Crippen LogP contribution >= 0.6 is 0 Å². The topological polar surface area (TPSA) is 163 Å². The second-order valence-corrected chi connectivity index (χ2v) is 5.49. The third kappa shape index (κ3) is 11.3. The molecule has 0 saturated heterocycles. The number of nitrogens with two attached hydrogens (primary N) is 2. The Balaban J connectivity index is 0.000000550. The summed E-state index contributed by atoms with van der Waals surface area (Å²) in [6.07, 6.45) is 0. The number of nitrogens with zero attached hydrogens (tertiary/aromatic N) is 2. The summed E-state index contributed by atoms with van der Waals surface area (Å²) < 4.78 is 31.6. The van der Waals surface area contributed by atoms with Crippen LogP contribution in [0.4, 0.5) is 5.69 Å². The molecule has 25 heavy (non-hydrogen) atoms. The van der Waals surface area contributed by atoms with Crippen molar-refractivity contribution in [3.63, 3.8) is 0 Å². The van der Waals surface area contributed by atoms with E-state index in [0.29, 0.717) is 6.54 Å². The predicted molar refractivity (Wildman–Crippen MR) is 97.6 cm³/mol. The zero-order valence-corrected chi connectivity index (χ0v) is 14.0. The number of aliphatic imine (C=N–C) groups is 2. The monoisotopic (exact) mass is 365 g/mol. The van der Waals surface area contributed by atoms with Gasteiger partial charge >= 0.3 is 10.4 Å². The molecule has 7 N–H and O–H groups in total. The molecular formula is C15H19N5O4S. The largest absolute Gasteiger partial charge is 0.394 e. The van der Waals surface area contributed by atoms with Crippen LogP contribution in [0, 0.1) is 0 Å². The fraction of sp³-hybridized carbons (Fsp3) is 0.0667. The molecule has 0 aromatic heterocycles. The number of para-hydroxylation sites is 1. The third-order valence-corrected chi connectivity index (χ3v) is 2.55. The highest BCUT2D eigenvalue weighted by Gasteiger charge is 1.96. The van der Waals surface area contributed by atoms with Crippen molar-refractivity contribution in [3.8, 4) is 0 Å². The summed E-state index contributed by atoms with van der Waals surface area (Å²) in [5.74, 6) is 0.361. The average Bonchev–Trinajstić information content (AvgIpc) is 2.53. The molecule has 10 heteroatoms. The van der Waals surface area contributed by atoms with Crippen molar-refractivity contribution >= 4 is 28.0 Å². The normalized spacial score (nSPS) is 12.1. The molecule has 0 fully saturated rings. The lowest BCUT2D eigenvalue weighted by Gasteiger charge is -2.04. The van der Waals surface area contributed by atoms with Gasteiger partial charge in [0.1, 0.15) is 0 Å². The van der Waals surface area contributed by atoms with E-state index in [1.54, 1.807) is 0 Å². The Morgan fingerprint density at radius 2 is 1.44 bits per heavy atom. The Kier molecular flexibility index (Phi) is 8.06. The Morgan fingerprint density at radius 3 is 1.96 bits per heavy atom. The molecule has 0 spiro atoms. The first-order valence-electron chi connectivity index (χ1n) is 6.94. The first-order chi connectivity index (χ1) is 11.7. The van der Waals surface area contributed by atoms with E-state index >= 15 is 0 Å². The molecule has 0 unspecified atom stereocenters. The SMILES string of the molecule is NC(=NCc1ccccc1)N=C(N)Nc1ccccc1.O=S(=O)(O)O. The van der Waals surface area contributed by atoms with E-state index in [1.165, 1.54) is 0 Å². The number of guanidine groups is 2. The standard InChI is InChI=1S/C15H17N5.H2O4S/c16-14(18-11-12-7-3-1-4-8-12)20-15(17)19-13-9-5-2-6-10-13;1-5(2,3)4/h1-10H,11H2,(H5,16,17,18,19,20);(H2,1,2,3,4). The van der Waals surface area contributed by atoms with E-state index in [2.05, 4.69) is 15.3 Å². The van der Waals surface area contributed by atoms with Gasteiger partial charge in [0, 0.05) is 5.69 Å². The molecule has 2 aromatic carbocycles. The molecule has 0 aliphatic rings. The van der Waals surface area contributed by atoms with Crippen molar-refractivity contribution in [2.75, 3.05) is 5.32 Å². The first-order valence-corrected chi connectivity index (χ1v) is 8.33. The summed E-state index contributed by atoms with van der Waals surface area (Å²) in [6, 6.07) is 19.3. The van der Waals surface area contributed by atoms with Gasteiger partial charge < -0.3 is 16.8 Å². The predicted octanol–water partition coefficient (Wildman–Crippen LogP) is 1.28. The molecule has 134 valence electrons. The minimum atomic E-state index is -4.67. The van der Waals surface area contributed by atoms with Crippen LogP contribution in [0.2, 0.25) is 0 Å². The van der Waals surface area contributed by atoms with Gasteiger partial charge in [-0.05, 0) is 17.7 Å². The number of nitrogens with one attached hydrogen (secondary N) is 1. The van der Waals surface area contributed by atoms with E-state index in [4.69, 9.17) is 29.0 Å². The highest BCUT2D eigenvalue weighted by Crippen LogP contribution is 2.04. The summed E-state index contributed by atoms with van der Waals surface area (Å²) in [7, 11) is -4.67. The highest BCUT2D eigenvalue weighted by molar-refractivity contribution is 7.79. The summed E-state index contributed by atoms with van der Waals surface area (Å²) >= 11 is 0. The summed E-state index contributed by atoms with van der Waals surface area (Å²) in [5, 5.41) is 2.94. The smallest absolute Gasteiger partial charge is 0.369 e. The number of rotatable bonds is 3.